The Bertz CT molecular complexity index is 246. The van der Waals surface area contributed by atoms with E-state index in [4.69, 9.17) is 20.3 Å². The number of carbonyl (C=O) groups is 1. The quantitative estimate of drug-likeness (QED) is 0.683. The third-order valence-corrected chi connectivity index (χ3v) is 3.66. The topological polar surface area (TPSA) is 81.8 Å². The van der Waals surface area contributed by atoms with E-state index in [1.165, 1.54) is 0 Å². The van der Waals surface area contributed by atoms with Gasteiger partial charge in [0.05, 0.1) is 13.2 Å². The van der Waals surface area contributed by atoms with Crippen LogP contribution < -0.4 is 5.73 Å². The maximum Gasteiger partial charge on any atom is 0.321 e. The molecule has 1 atom stereocenters. The highest BCUT2D eigenvalue weighted by molar-refractivity contribution is 5.74. The Morgan fingerprint density at radius 2 is 1.93 bits per heavy atom. The largest absolute Gasteiger partial charge is 0.480 e. The van der Waals surface area contributed by atoms with Gasteiger partial charge in [0.15, 0.2) is 0 Å². The molecule has 0 aromatic heterocycles. The summed E-state index contributed by atoms with van der Waals surface area (Å²) < 4.78 is 10.5. The van der Waals surface area contributed by atoms with E-state index >= 15 is 0 Å². The Labute approximate surface area is 88.5 Å². The van der Waals surface area contributed by atoms with Gasteiger partial charge in [-0.05, 0) is 18.8 Å². The summed E-state index contributed by atoms with van der Waals surface area (Å²) >= 11 is 0. The monoisotopic (exact) mass is 215 g/mol. The molecule has 0 amide bonds. The first-order valence-corrected chi connectivity index (χ1v) is 5.31. The van der Waals surface area contributed by atoms with Crippen molar-refractivity contribution in [2.75, 3.05) is 26.4 Å². The minimum Gasteiger partial charge on any atom is -0.480 e. The lowest BCUT2D eigenvalue weighted by Crippen LogP contribution is -2.63. The first kappa shape index (κ1) is 10.9. The van der Waals surface area contributed by atoms with Crippen molar-refractivity contribution in [1.29, 1.82) is 0 Å². The van der Waals surface area contributed by atoms with Gasteiger partial charge >= 0.3 is 5.97 Å². The number of hydrogen-bond acceptors (Lipinski definition) is 4. The van der Waals surface area contributed by atoms with E-state index in [0.717, 1.165) is 12.8 Å². The van der Waals surface area contributed by atoms with E-state index in [2.05, 4.69) is 0 Å². The van der Waals surface area contributed by atoms with Gasteiger partial charge in [-0.2, -0.15) is 0 Å². The molecule has 2 saturated heterocycles. The van der Waals surface area contributed by atoms with Crippen molar-refractivity contribution in [1.82, 2.24) is 0 Å². The fourth-order valence-electron chi connectivity index (χ4n) is 2.53. The summed E-state index contributed by atoms with van der Waals surface area (Å²) in [6, 6.07) is -0.811. The van der Waals surface area contributed by atoms with E-state index in [0.29, 0.717) is 32.3 Å². The van der Waals surface area contributed by atoms with Gasteiger partial charge in [0.2, 0.25) is 0 Å². The summed E-state index contributed by atoms with van der Waals surface area (Å²) in [4.78, 5) is 11.0. The average molecular weight is 215 g/mol. The van der Waals surface area contributed by atoms with Crippen LogP contribution >= 0.6 is 0 Å². The number of ether oxygens (including phenoxy) is 2. The predicted octanol–water partition coefficient (Wildman–Crippen LogP) is -0.159. The van der Waals surface area contributed by atoms with Crippen molar-refractivity contribution in [3.8, 4) is 0 Å². The van der Waals surface area contributed by atoms with Crippen molar-refractivity contribution in [2.24, 2.45) is 17.1 Å². The maximum atomic E-state index is 11.0. The summed E-state index contributed by atoms with van der Waals surface area (Å²) in [5, 5.41) is 9.00. The fourth-order valence-corrected chi connectivity index (χ4v) is 2.53. The Kier molecular flexibility index (Phi) is 2.95. The molecular formula is C10H17NO4. The van der Waals surface area contributed by atoms with Crippen LogP contribution in [0.3, 0.4) is 0 Å². The third kappa shape index (κ3) is 1.75. The fraction of sp³-hybridized carbons (Fsp3) is 0.900. The molecule has 3 N–H and O–H groups in total. The minimum absolute atomic E-state index is 0.325. The molecule has 0 radical (unpaired) electrons. The maximum absolute atomic E-state index is 11.0. The Balaban J connectivity index is 2.09. The van der Waals surface area contributed by atoms with Gasteiger partial charge < -0.3 is 20.3 Å². The summed E-state index contributed by atoms with van der Waals surface area (Å²) in [6.45, 7) is 2.37. The van der Waals surface area contributed by atoms with Crippen molar-refractivity contribution in [3.05, 3.63) is 0 Å². The normalized spacial score (nSPS) is 28.1. The smallest absolute Gasteiger partial charge is 0.321 e. The molecule has 86 valence electrons. The molecule has 5 heteroatoms. The van der Waals surface area contributed by atoms with E-state index in [-0.39, 0.29) is 5.41 Å². The van der Waals surface area contributed by atoms with E-state index in [9.17, 15) is 4.79 Å². The summed E-state index contributed by atoms with van der Waals surface area (Å²) in [5.74, 6) is -0.601. The molecule has 2 aliphatic rings. The van der Waals surface area contributed by atoms with Gasteiger partial charge in [0.1, 0.15) is 6.04 Å². The van der Waals surface area contributed by atoms with E-state index in [1.807, 2.05) is 0 Å². The van der Waals surface area contributed by atoms with Crippen LogP contribution in [-0.4, -0.2) is 43.5 Å². The second kappa shape index (κ2) is 4.08. The van der Waals surface area contributed by atoms with Gasteiger partial charge in [-0.15, -0.1) is 0 Å². The number of hydrogen-bond donors (Lipinski definition) is 2. The molecule has 1 unspecified atom stereocenters. The molecule has 0 bridgehead atoms. The first-order valence-electron chi connectivity index (χ1n) is 5.31. The minimum atomic E-state index is -0.926. The number of rotatable bonds is 3. The Morgan fingerprint density at radius 3 is 2.33 bits per heavy atom. The van der Waals surface area contributed by atoms with Crippen LogP contribution in [0.2, 0.25) is 0 Å². The number of carboxylic acid groups (broad SMARTS) is 1. The molecule has 5 nitrogen and oxygen atoms in total. The van der Waals surface area contributed by atoms with Gasteiger partial charge in [-0.25, -0.2) is 0 Å². The van der Waals surface area contributed by atoms with Crippen LogP contribution in [0.15, 0.2) is 0 Å². The molecular weight excluding hydrogens is 198 g/mol. The molecule has 2 rings (SSSR count). The highest BCUT2D eigenvalue weighted by Crippen LogP contribution is 2.43. The zero-order valence-electron chi connectivity index (χ0n) is 8.65. The van der Waals surface area contributed by atoms with Gasteiger partial charge in [-0.3, -0.25) is 4.79 Å². The van der Waals surface area contributed by atoms with Crippen LogP contribution in [0.25, 0.3) is 0 Å². The lowest BCUT2D eigenvalue weighted by Gasteiger charge is -2.50. The van der Waals surface area contributed by atoms with Crippen LogP contribution in [0.1, 0.15) is 12.8 Å². The predicted molar refractivity (Wildman–Crippen MR) is 52.4 cm³/mol. The molecule has 0 aliphatic carbocycles. The van der Waals surface area contributed by atoms with E-state index < -0.39 is 12.0 Å². The molecule has 0 spiro atoms. The zero-order chi connectivity index (χ0) is 10.9. The van der Waals surface area contributed by atoms with E-state index in [1.54, 1.807) is 0 Å². The summed E-state index contributed by atoms with van der Waals surface area (Å²) in [6.07, 6.45) is 1.79. The Morgan fingerprint density at radius 1 is 1.33 bits per heavy atom. The zero-order valence-corrected chi connectivity index (χ0v) is 8.65. The molecule has 2 fully saturated rings. The second-order valence-electron chi connectivity index (χ2n) is 4.43. The number of aliphatic carboxylic acids is 1. The Hall–Kier alpha value is -0.650. The lowest BCUT2D eigenvalue weighted by atomic mass is 9.65. The van der Waals surface area contributed by atoms with Crippen molar-refractivity contribution in [2.45, 2.75) is 18.9 Å². The molecule has 2 aliphatic heterocycles. The summed E-state index contributed by atoms with van der Waals surface area (Å²) in [5.41, 5.74) is 5.42. The molecule has 0 aromatic carbocycles. The number of carboxylic acids is 1. The lowest BCUT2D eigenvalue weighted by molar-refractivity contribution is -0.187. The molecule has 0 saturated carbocycles. The van der Waals surface area contributed by atoms with Gasteiger partial charge in [0.25, 0.3) is 0 Å². The highest BCUT2D eigenvalue weighted by atomic mass is 16.5. The third-order valence-electron chi connectivity index (χ3n) is 3.66. The second-order valence-corrected chi connectivity index (χ2v) is 4.43. The van der Waals surface area contributed by atoms with Crippen LogP contribution in [0.5, 0.6) is 0 Å². The SMILES string of the molecule is NC(C(=O)O)C1(C2CCOCC2)COC1. The van der Waals surface area contributed by atoms with Crippen LogP contribution in [0, 0.1) is 11.3 Å². The van der Waals surface area contributed by atoms with Crippen LogP contribution in [-0.2, 0) is 14.3 Å². The van der Waals surface area contributed by atoms with Gasteiger partial charge in [0, 0.05) is 18.6 Å². The molecule has 0 aromatic rings. The first-order chi connectivity index (χ1) is 7.17. The molecule has 15 heavy (non-hydrogen) atoms. The highest BCUT2D eigenvalue weighted by Gasteiger charge is 2.52. The van der Waals surface area contributed by atoms with Crippen molar-refractivity contribution >= 4 is 5.97 Å². The van der Waals surface area contributed by atoms with Crippen molar-refractivity contribution < 1.29 is 19.4 Å². The van der Waals surface area contributed by atoms with Crippen molar-refractivity contribution in [3.63, 3.8) is 0 Å². The summed E-state index contributed by atoms with van der Waals surface area (Å²) in [7, 11) is 0. The molecule has 2 heterocycles. The van der Waals surface area contributed by atoms with Gasteiger partial charge in [-0.1, -0.05) is 0 Å². The average Bonchev–Trinajstić information content (AvgIpc) is 2.17. The van der Waals surface area contributed by atoms with Crippen LogP contribution in [0.4, 0.5) is 0 Å². The standard InChI is InChI=1S/C10H17NO4/c11-8(9(12)13)10(5-15-6-10)7-1-3-14-4-2-7/h7-8H,1-6,11H2,(H,12,13). The number of nitrogens with two attached hydrogens (primary N) is 1.